The molecule has 1 N–H and O–H groups in total. The maximum atomic E-state index is 13.2. The van der Waals surface area contributed by atoms with Gasteiger partial charge in [0.25, 0.3) is 0 Å². The second-order valence-electron chi connectivity index (χ2n) is 9.70. The maximum absolute atomic E-state index is 13.2. The van der Waals surface area contributed by atoms with Gasteiger partial charge in [0.1, 0.15) is 11.6 Å². The Bertz CT molecular complexity index is 1320. The molecule has 8 heteroatoms. The molecule has 178 valence electrons. The van der Waals surface area contributed by atoms with Gasteiger partial charge in [-0.25, -0.2) is 19.3 Å². The summed E-state index contributed by atoms with van der Waals surface area (Å²) in [5.74, 6) is 1.50. The minimum Gasteiger partial charge on any atom is -0.353 e. The Morgan fingerprint density at radius 2 is 1.77 bits per heavy atom. The van der Waals surface area contributed by atoms with E-state index in [-0.39, 0.29) is 5.82 Å². The molecule has 3 fully saturated rings. The van der Waals surface area contributed by atoms with Gasteiger partial charge in [0.05, 0.1) is 11.4 Å². The van der Waals surface area contributed by atoms with Crippen molar-refractivity contribution in [2.75, 3.05) is 18.0 Å². The van der Waals surface area contributed by atoms with Crippen molar-refractivity contribution in [1.29, 1.82) is 0 Å². The van der Waals surface area contributed by atoms with Crippen molar-refractivity contribution in [3.05, 3.63) is 88.9 Å². The molecule has 2 unspecified atom stereocenters. The SMILES string of the molecule is Cc1cc(Cc2cc(C)[nH]n2)nc(-c2ccc(N3CC4CC(C3)N4Cc3ccc(F)cc3)nc2)n1. The number of rotatable bonds is 6. The molecule has 3 aliphatic rings. The van der Waals surface area contributed by atoms with Crippen LogP contribution in [-0.2, 0) is 13.0 Å². The number of pyridine rings is 1. The number of nitrogens with one attached hydrogen (secondary N) is 1. The first-order valence-electron chi connectivity index (χ1n) is 12.1. The Hall–Kier alpha value is -3.65. The third kappa shape index (κ3) is 4.53. The number of aromatic nitrogens is 5. The lowest BCUT2D eigenvalue weighted by molar-refractivity contribution is -0.00869. The first kappa shape index (κ1) is 21.9. The Morgan fingerprint density at radius 3 is 2.46 bits per heavy atom. The molecule has 0 spiro atoms. The fourth-order valence-corrected chi connectivity index (χ4v) is 5.24. The van der Waals surface area contributed by atoms with E-state index in [0.29, 0.717) is 24.3 Å². The third-order valence-corrected chi connectivity index (χ3v) is 6.98. The molecule has 0 saturated carbocycles. The number of benzene rings is 1. The van der Waals surface area contributed by atoms with Crippen LogP contribution in [0.15, 0.2) is 54.7 Å². The number of piperidine rings is 1. The zero-order valence-corrected chi connectivity index (χ0v) is 19.9. The van der Waals surface area contributed by atoms with Crippen molar-refractivity contribution < 1.29 is 4.39 Å². The number of H-pyrrole nitrogens is 1. The average Bonchev–Trinajstić information content (AvgIpc) is 3.27. The molecule has 7 nitrogen and oxygen atoms in total. The molecule has 0 radical (unpaired) electrons. The molecule has 3 aliphatic heterocycles. The van der Waals surface area contributed by atoms with Gasteiger partial charge in [0, 0.05) is 61.3 Å². The summed E-state index contributed by atoms with van der Waals surface area (Å²) in [6, 6.07) is 16.1. The number of fused-ring (bicyclic) bond motifs is 2. The summed E-state index contributed by atoms with van der Waals surface area (Å²) in [5, 5.41) is 7.31. The molecular weight excluding hydrogens is 441 g/mol. The van der Waals surface area contributed by atoms with E-state index >= 15 is 0 Å². The molecule has 1 aromatic carbocycles. The normalized spacial score (nSPS) is 19.6. The van der Waals surface area contributed by atoms with E-state index in [4.69, 9.17) is 9.97 Å². The van der Waals surface area contributed by atoms with Crippen LogP contribution < -0.4 is 4.90 Å². The second kappa shape index (κ2) is 8.85. The quantitative estimate of drug-likeness (QED) is 0.459. The zero-order chi connectivity index (χ0) is 23.9. The average molecular weight is 470 g/mol. The highest BCUT2D eigenvalue weighted by atomic mass is 19.1. The summed E-state index contributed by atoms with van der Waals surface area (Å²) in [5.41, 5.74) is 5.96. The maximum Gasteiger partial charge on any atom is 0.161 e. The number of hydrogen-bond acceptors (Lipinski definition) is 6. The van der Waals surface area contributed by atoms with Gasteiger partial charge in [0.2, 0.25) is 0 Å². The fraction of sp³-hybridized carbons (Fsp3) is 0.333. The lowest BCUT2D eigenvalue weighted by atomic mass is 9.86. The van der Waals surface area contributed by atoms with Crippen molar-refractivity contribution in [2.24, 2.45) is 0 Å². The molecule has 7 rings (SSSR count). The summed E-state index contributed by atoms with van der Waals surface area (Å²) in [6.45, 7) is 6.77. The van der Waals surface area contributed by atoms with Crippen LogP contribution in [0.4, 0.5) is 10.2 Å². The Balaban J connectivity index is 1.13. The number of anilines is 1. The van der Waals surface area contributed by atoms with E-state index in [9.17, 15) is 4.39 Å². The molecule has 0 amide bonds. The lowest BCUT2D eigenvalue weighted by Gasteiger charge is -2.56. The lowest BCUT2D eigenvalue weighted by Crippen LogP contribution is -2.68. The van der Waals surface area contributed by atoms with Crippen LogP contribution in [0.5, 0.6) is 0 Å². The second-order valence-corrected chi connectivity index (χ2v) is 9.70. The highest BCUT2D eigenvalue weighted by Crippen LogP contribution is 2.35. The minimum atomic E-state index is -0.182. The highest BCUT2D eigenvalue weighted by molar-refractivity contribution is 5.57. The topological polar surface area (TPSA) is 73.8 Å². The number of halogens is 1. The number of aryl methyl sites for hydroxylation is 2. The summed E-state index contributed by atoms with van der Waals surface area (Å²) >= 11 is 0. The van der Waals surface area contributed by atoms with Crippen LogP contribution in [0.2, 0.25) is 0 Å². The largest absolute Gasteiger partial charge is 0.353 e. The Kier molecular flexibility index (Phi) is 5.53. The first-order chi connectivity index (χ1) is 17.0. The van der Waals surface area contributed by atoms with Gasteiger partial charge in [-0.1, -0.05) is 12.1 Å². The van der Waals surface area contributed by atoms with E-state index < -0.39 is 0 Å². The van der Waals surface area contributed by atoms with E-state index in [1.54, 1.807) is 12.1 Å². The fourth-order valence-electron chi connectivity index (χ4n) is 5.24. The van der Waals surface area contributed by atoms with Gasteiger partial charge in [-0.3, -0.25) is 10.00 Å². The summed E-state index contributed by atoms with van der Waals surface area (Å²) in [4.78, 5) is 19.1. The van der Waals surface area contributed by atoms with Gasteiger partial charge in [-0.05, 0) is 62.2 Å². The molecule has 2 atom stereocenters. The molecule has 4 aromatic rings. The summed E-state index contributed by atoms with van der Waals surface area (Å²) in [6.07, 6.45) is 3.76. The van der Waals surface area contributed by atoms with Gasteiger partial charge in [-0.2, -0.15) is 5.10 Å². The predicted molar refractivity (Wildman–Crippen MR) is 132 cm³/mol. The van der Waals surface area contributed by atoms with Crippen molar-refractivity contribution >= 4 is 5.82 Å². The Labute approximate surface area is 204 Å². The van der Waals surface area contributed by atoms with Crippen LogP contribution in [0.3, 0.4) is 0 Å². The standard InChI is InChI=1S/C27H28FN7/c1-17-9-22(11-23-10-18(2)32-33-23)31-27(30-17)20-5-8-26(29-13-20)34-15-24-12-25(16-34)35(24)14-19-3-6-21(28)7-4-19/h3-10,13,24-25H,11-12,14-16H2,1-2H3,(H,32,33). The van der Waals surface area contributed by atoms with Gasteiger partial charge >= 0.3 is 0 Å². The molecule has 3 saturated heterocycles. The van der Waals surface area contributed by atoms with Crippen molar-refractivity contribution in [3.63, 3.8) is 0 Å². The predicted octanol–water partition coefficient (Wildman–Crippen LogP) is 4.07. The zero-order valence-electron chi connectivity index (χ0n) is 19.9. The molecule has 6 heterocycles. The summed E-state index contributed by atoms with van der Waals surface area (Å²) in [7, 11) is 0. The molecule has 0 aliphatic carbocycles. The van der Waals surface area contributed by atoms with E-state index in [2.05, 4.69) is 37.1 Å². The summed E-state index contributed by atoms with van der Waals surface area (Å²) < 4.78 is 13.2. The first-order valence-corrected chi connectivity index (χ1v) is 12.1. The monoisotopic (exact) mass is 469 g/mol. The number of aromatic amines is 1. The number of piperazine rings is 1. The molecule has 35 heavy (non-hydrogen) atoms. The minimum absolute atomic E-state index is 0.182. The van der Waals surface area contributed by atoms with Crippen LogP contribution in [0.1, 0.15) is 34.8 Å². The molecule has 3 aromatic heterocycles. The van der Waals surface area contributed by atoms with E-state index in [1.165, 1.54) is 6.42 Å². The van der Waals surface area contributed by atoms with Gasteiger partial charge < -0.3 is 4.90 Å². The van der Waals surface area contributed by atoms with E-state index in [1.807, 2.05) is 44.3 Å². The smallest absolute Gasteiger partial charge is 0.161 e. The van der Waals surface area contributed by atoms with Crippen molar-refractivity contribution in [1.82, 2.24) is 30.0 Å². The van der Waals surface area contributed by atoms with Crippen LogP contribution >= 0.6 is 0 Å². The Morgan fingerprint density at radius 1 is 0.971 bits per heavy atom. The van der Waals surface area contributed by atoms with Crippen LogP contribution in [0.25, 0.3) is 11.4 Å². The van der Waals surface area contributed by atoms with Gasteiger partial charge in [-0.15, -0.1) is 0 Å². The van der Waals surface area contributed by atoms with Crippen molar-refractivity contribution in [3.8, 4) is 11.4 Å². The number of nitrogens with zero attached hydrogens (tertiary/aromatic N) is 6. The number of hydrogen-bond donors (Lipinski definition) is 1. The third-order valence-electron chi connectivity index (χ3n) is 6.98. The van der Waals surface area contributed by atoms with E-state index in [0.717, 1.165) is 59.4 Å². The molecule has 2 bridgehead atoms. The van der Waals surface area contributed by atoms with Crippen LogP contribution in [0, 0.1) is 19.7 Å². The molecular formula is C27H28FN7. The van der Waals surface area contributed by atoms with Crippen LogP contribution in [-0.4, -0.2) is 55.2 Å². The van der Waals surface area contributed by atoms with Crippen molar-refractivity contribution in [2.45, 2.75) is 45.3 Å². The highest BCUT2D eigenvalue weighted by Gasteiger charge is 2.44. The van der Waals surface area contributed by atoms with Gasteiger partial charge in [0.15, 0.2) is 5.82 Å².